The Morgan fingerprint density at radius 3 is 2.76 bits per heavy atom. The van der Waals surface area contributed by atoms with Crippen molar-refractivity contribution >= 4 is 27.3 Å². The van der Waals surface area contributed by atoms with Crippen LogP contribution in [-0.2, 0) is 6.42 Å². The number of ketones is 1. The van der Waals surface area contributed by atoms with Crippen molar-refractivity contribution in [3.05, 3.63) is 53.2 Å². The van der Waals surface area contributed by atoms with Gasteiger partial charge >= 0.3 is 0 Å². The van der Waals surface area contributed by atoms with Crippen LogP contribution in [0.2, 0.25) is 0 Å². The highest BCUT2D eigenvalue weighted by Crippen LogP contribution is 2.25. The Hall–Kier alpha value is -2.27. The van der Waals surface area contributed by atoms with Gasteiger partial charge in [0.1, 0.15) is 11.2 Å². The predicted octanol–water partition coefficient (Wildman–Crippen LogP) is 3.52. The van der Waals surface area contributed by atoms with Gasteiger partial charge in [0, 0.05) is 5.56 Å². The van der Waals surface area contributed by atoms with E-state index < -0.39 is 0 Å². The molecule has 0 amide bonds. The van der Waals surface area contributed by atoms with Crippen LogP contribution in [0.1, 0.15) is 22.8 Å². The summed E-state index contributed by atoms with van der Waals surface area (Å²) in [4.78, 5) is 21.2. The second-order valence-electron chi connectivity index (χ2n) is 4.58. The number of carbonyl (C=O) groups excluding carboxylic acids is 1. The molecule has 0 saturated heterocycles. The van der Waals surface area contributed by atoms with Gasteiger partial charge in [0.15, 0.2) is 12.4 Å². The molecule has 2 heterocycles. The number of aryl methyl sites for hydroxylation is 1. The van der Waals surface area contributed by atoms with Crippen molar-refractivity contribution in [3.63, 3.8) is 0 Å². The molecule has 0 aliphatic rings. The molecular weight excluding hydrogens is 284 g/mol. The number of benzene rings is 1. The molecule has 1 aromatic carbocycles. The Balaban J connectivity index is 1.71. The zero-order chi connectivity index (χ0) is 14.7. The fourth-order valence-electron chi connectivity index (χ4n) is 2.03. The Morgan fingerprint density at radius 1 is 1.19 bits per heavy atom. The minimum atomic E-state index is -0.0559. The SMILES string of the molecule is CCc1ccc(C(=O)COc2ncnc3sccc23)cc1. The average molecular weight is 298 g/mol. The first-order chi connectivity index (χ1) is 10.3. The van der Waals surface area contributed by atoms with E-state index in [4.69, 9.17) is 4.74 Å². The molecule has 0 fully saturated rings. The third-order valence-electron chi connectivity index (χ3n) is 3.25. The monoisotopic (exact) mass is 298 g/mol. The van der Waals surface area contributed by atoms with Gasteiger partial charge in [-0.25, -0.2) is 9.97 Å². The molecule has 0 bridgehead atoms. The fourth-order valence-corrected chi connectivity index (χ4v) is 2.75. The number of thiophene rings is 1. The Morgan fingerprint density at radius 2 is 2.00 bits per heavy atom. The summed E-state index contributed by atoms with van der Waals surface area (Å²) < 4.78 is 5.56. The van der Waals surface area contributed by atoms with Crippen LogP contribution in [0.15, 0.2) is 42.0 Å². The van der Waals surface area contributed by atoms with E-state index in [1.54, 1.807) is 0 Å². The topological polar surface area (TPSA) is 52.1 Å². The Bertz CT molecular complexity index is 765. The lowest BCUT2D eigenvalue weighted by molar-refractivity contribution is 0.0919. The van der Waals surface area contributed by atoms with Gasteiger partial charge in [-0.1, -0.05) is 31.2 Å². The Kier molecular flexibility index (Phi) is 3.92. The van der Waals surface area contributed by atoms with Crippen LogP contribution in [0.4, 0.5) is 0 Å². The summed E-state index contributed by atoms with van der Waals surface area (Å²) in [7, 11) is 0. The molecule has 0 aliphatic heterocycles. The number of rotatable bonds is 5. The van der Waals surface area contributed by atoms with Gasteiger partial charge in [-0.05, 0) is 23.4 Å². The number of carbonyl (C=O) groups is 1. The highest BCUT2D eigenvalue weighted by Gasteiger charge is 2.10. The van der Waals surface area contributed by atoms with E-state index in [2.05, 4.69) is 16.9 Å². The smallest absolute Gasteiger partial charge is 0.225 e. The van der Waals surface area contributed by atoms with Crippen molar-refractivity contribution in [3.8, 4) is 5.88 Å². The number of hydrogen-bond acceptors (Lipinski definition) is 5. The van der Waals surface area contributed by atoms with Gasteiger partial charge in [-0.3, -0.25) is 4.79 Å². The summed E-state index contributed by atoms with van der Waals surface area (Å²) >= 11 is 1.52. The highest BCUT2D eigenvalue weighted by molar-refractivity contribution is 7.16. The molecule has 2 aromatic heterocycles. The lowest BCUT2D eigenvalue weighted by Crippen LogP contribution is -2.12. The lowest BCUT2D eigenvalue weighted by Gasteiger charge is -2.06. The zero-order valence-corrected chi connectivity index (χ0v) is 12.4. The average Bonchev–Trinajstić information content (AvgIpc) is 3.02. The highest BCUT2D eigenvalue weighted by atomic mass is 32.1. The maximum atomic E-state index is 12.1. The van der Waals surface area contributed by atoms with E-state index in [0.717, 1.165) is 16.6 Å². The van der Waals surface area contributed by atoms with E-state index in [9.17, 15) is 4.79 Å². The van der Waals surface area contributed by atoms with Crippen LogP contribution in [0.5, 0.6) is 5.88 Å². The number of Topliss-reactive ketones (excluding diaryl/α,β-unsaturated/α-hetero) is 1. The number of nitrogens with zero attached hydrogens (tertiary/aromatic N) is 2. The van der Waals surface area contributed by atoms with E-state index in [1.165, 1.54) is 23.2 Å². The van der Waals surface area contributed by atoms with Crippen LogP contribution >= 0.6 is 11.3 Å². The van der Waals surface area contributed by atoms with Crippen molar-refractivity contribution in [1.82, 2.24) is 9.97 Å². The molecule has 0 atom stereocenters. The van der Waals surface area contributed by atoms with Crippen molar-refractivity contribution in [1.29, 1.82) is 0 Å². The summed E-state index contributed by atoms with van der Waals surface area (Å²) in [5.74, 6) is 0.402. The molecule has 106 valence electrons. The van der Waals surface area contributed by atoms with Crippen molar-refractivity contribution in [2.45, 2.75) is 13.3 Å². The molecule has 0 saturated carbocycles. The lowest BCUT2D eigenvalue weighted by atomic mass is 10.1. The quantitative estimate of drug-likeness (QED) is 0.676. The van der Waals surface area contributed by atoms with Gasteiger partial charge in [0.2, 0.25) is 5.88 Å². The van der Waals surface area contributed by atoms with Gasteiger partial charge in [0.05, 0.1) is 5.39 Å². The van der Waals surface area contributed by atoms with E-state index in [-0.39, 0.29) is 12.4 Å². The number of aromatic nitrogens is 2. The predicted molar refractivity (Wildman–Crippen MR) is 83.1 cm³/mol. The van der Waals surface area contributed by atoms with Gasteiger partial charge in [-0.2, -0.15) is 0 Å². The van der Waals surface area contributed by atoms with Crippen LogP contribution < -0.4 is 4.74 Å². The molecule has 4 nitrogen and oxygen atoms in total. The van der Waals surface area contributed by atoms with Crippen molar-refractivity contribution < 1.29 is 9.53 Å². The largest absolute Gasteiger partial charge is 0.469 e. The molecule has 3 aromatic rings. The van der Waals surface area contributed by atoms with Crippen molar-refractivity contribution in [2.24, 2.45) is 0 Å². The minimum Gasteiger partial charge on any atom is -0.469 e. The first-order valence-electron chi connectivity index (χ1n) is 6.71. The maximum absolute atomic E-state index is 12.1. The van der Waals surface area contributed by atoms with Crippen LogP contribution in [0, 0.1) is 0 Å². The van der Waals surface area contributed by atoms with Gasteiger partial charge < -0.3 is 4.74 Å². The Labute approximate surface area is 126 Å². The van der Waals surface area contributed by atoms with Gasteiger partial charge in [0.25, 0.3) is 0 Å². The molecule has 0 aliphatic carbocycles. The summed E-state index contributed by atoms with van der Waals surface area (Å²) in [6.45, 7) is 2.06. The van der Waals surface area contributed by atoms with Gasteiger partial charge in [-0.15, -0.1) is 11.3 Å². The zero-order valence-electron chi connectivity index (χ0n) is 11.6. The molecule has 3 rings (SSSR count). The summed E-state index contributed by atoms with van der Waals surface area (Å²) in [6, 6.07) is 9.51. The molecule has 0 spiro atoms. The fraction of sp³-hybridized carbons (Fsp3) is 0.188. The number of fused-ring (bicyclic) bond motifs is 1. The van der Waals surface area contributed by atoms with Crippen LogP contribution in [-0.4, -0.2) is 22.4 Å². The first kappa shape index (κ1) is 13.7. The summed E-state index contributed by atoms with van der Waals surface area (Å²) in [5, 5.41) is 2.77. The minimum absolute atomic E-state index is 0.0204. The van der Waals surface area contributed by atoms with Crippen molar-refractivity contribution in [2.75, 3.05) is 6.61 Å². The van der Waals surface area contributed by atoms with E-state index in [1.807, 2.05) is 35.7 Å². The standard InChI is InChI=1S/C16H14N2O2S/c1-2-11-3-5-12(6-4-11)14(19)9-20-15-13-7-8-21-16(13)18-10-17-15/h3-8,10H,2,9H2,1H3. The molecule has 21 heavy (non-hydrogen) atoms. The normalized spacial score (nSPS) is 10.7. The number of ether oxygens (including phenoxy) is 1. The van der Waals surface area contributed by atoms with E-state index >= 15 is 0 Å². The first-order valence-corrected chi connectivity index (χ1v) is 7.59. The molecule has 0 N–H and O–H groups in total. The summed E-state index contributed by atoms with van der Waals surface area (Å²) in [6.07, 6.45) is 2.41. The second kappa shape index (κ2) is 6.01. The van der Waals surface area contributed by atoms with Crippen LogP contribution in [0.3, 0.4) is 0 Å². The number of hydrogen-bond donors (Lipinski definition) is 0. The molecule has 5 heteroatoms. The van der Waals surface area contributed by atoms with E-state index in [0.29, 0.717) is 11.4 Å². The molecular formula is C16H14N2O2S. The maximum Gasteiger partial charge on any atom is 0.225 e. The second-order valence-corrected chi connectivity index (χ2v) is 5.48. The third-order valence-corrected chi connectivity index (χ3v) is 4.07. The third kappa shape index (κ3) is 2.92. The molecule has 0 unspecified atom stereocenters. The van der Waals surface area contributed by atoms with Crippen LogP contribution in [0.25, 0.3) is 10.2 Å². The summed E-state index contributed by atoms with van der Waals surface area (Å²) in [5.41, 5.74) is 1.87. The molecule has 0 radical (unpaired) electrons.